The smallest absolute Gasteiger partial charge is 0.137 e. The molecule has 0 atom stereocenters. The summed E-state index contributed by atoms with van der Waals surface area (Å²) in [6, 6.07) is 29.9. The first-order valence-electron chi connectivity index (χ1n) is 10.3. The second-order valence-corrected chi connectivity index (χ2v) is 8.22. The third kappa shape index (κ3) is 2.84. The van der Waals surface area contributed by atoms with E-state index >= 15 is 0 Å². The van der Waals surface area contributed by atoms with Crippen molar-refractivity contribution < 1.29 is 0 Å². The van der Waals surface area contributed by atoms with Gasteiger partial charge < -0.3 is 4.90 Å². The molecule has 1 aliphatic carbocycles. The zero-order chi connectivity index (χ0) is 20.7. The van der Waals surface area contributed by atoms with E-state index in [4.69, 9.17) is 4.98 Å². The summed E-state index contributed by atoms with van der Waals surface area (Å²) in [5, 5.41) is 0. The lowest BCUT2D eigenvalue weighted by molar-refractivity contribution is 0.660. The van der Waals surface area contributed by atoms with Crippen LogP contribution in [0.2, 0.25) is 0 Å². The Balaban J connectivity index is 1.54. The van der Waals surface area contributed by atoms with E-state index in [0.29, 0.717) is 0 Å². The molecule has 146 valence electrons. The van der Waals surface area contributed by atoms with Gasteiger partial charge in [0, 0.05) is 29.1 Å². The van der Waals surface area contributed by atoms with Crippen LogP contribution in [0.25, 0.3) is 22.3 Å². The number of rotatable bonds is 4. The van der Waals surface area contributed by atoms with E-state index < -0.39 is 0 Å². The lowest BCUT2D eigenvalue weighted by Crippen LogP contribution is -2.15. The molecule has 30 heavy (non-hydrogen) atoms. The molecular weight excluding hydrogens is 364 g/mol. The summed E-state index contributed by atoms with van der Waals surface area (Å²) >= 11 is 0. The van der Waals surface area contributed by atoms with Gasteiger partial charge in [-0.3, -0.25) is 0 Å². The molecule has 4 aromatic rings. The number of nitrogens with zero attached hydrogens (tertiary/aromatic N) is 2. The monoisotopic (exact) mass is 388 g/mol. The molecule has 0 unspecified atom stereocenters. The molecular formula is C28H24N2. The SMILES string of the molecule is C=CN(c1ccc2c(c1)-c1ccccc1C2(C)C)c1ccc(-c2ccccc2)cn1. The van der Waals surface area contributed by atoms with Crippen molar-refractivity contribution in [3.63, 3.8) is 0 Å². The molecule has 1 heterocycles. The van der Waals surface area contributed by atoms with Crippen molar-refractivity contribution in [2.24, 2.45) is 0 Å². The van der Waals surface area contributed by atoms with Gasteiger partial charge in [0.2, 0.25) is 0 Å². The van der Waals surface area contributed by atoms with Crippen LogP contribution < -0.4 is 4.90 Å². The van der Waals surface area contributed by atoms with Crippen molar-refractivity contribution >= 4 is 11.5 Å². The lowest BCUT2D eigenvalue weighted by Gasteiger charge is -2.23. The van der Waals surface area contributed by atoms with Crippen LogP contribution in [0.4, 0.5) is 11.5 Å². The number of hydrogen-bond donors (Lipinski definition) is 0. The number of hydrogen-bond acceptors (Lipinski definition) is 2. The molecule has 0 saturated carbocycles. The molecule has 0 bridgehead atoms. The highest BCUT2D eigenvalue weighted by atomic mass is 15.2. The van der Waals surface area contributed by atoms with Gasteiger partial charge in [0.25, 0.3) is 0 Å². The molecule has 0 N–H and O–H groups in total. The Morgan fingerprint density at radius 1 is 0.767 bits per heavy atom. The summed E-state index contributed by atoms with van der Waals surface area (Å²) < 4.78 is 0. The Kier molecular flexibility index (Phi) is 4.29. The molecule has 1 aromatic heterocycles. The Bertz CT molecular complexity index is 1220. The number of benzene rings is 3. The second-order valence-electron chi connectivity index (χ2n) is 8.22. The topological polar surface area (TPSA) is 16.1 Å². The maximum atomic E-state index is 4.72. The van der Waals surface area contributed by atoms with Crippen LogP contribution in [0.1, 0.15) is 25.0 Å². The zero-order valence-electron chi connectivity index (χ0n) is 17.3. The molecule has 0 saturated heterocycles. The van der Waals surface area contributed by atoms with Gasteiger partial charge in [0.15, 0.2) is 0 Å². The molecule has 0 radical (unpaired) electrons. The van der Waals surface area contributed by atoms with Crippen molar-refractivity contribution in [3.05, 3.63) is 115 Å². The Morgan fingerprint density at radius 3 is 2.23 bits per heavy atom. The third-order valence-electron chi connectivity index (χ3n) is 6.13. The van der Waals surface area contributed by atoms with Gasteiger partial charge in [-0.1, -0.05) is 81.1 Å². The molecule has 5 rings (SSSR count). The van der Waals surface area contributed by atoms with Crippen LogP contribution >= 0.6 is 0 Å². The van der Waals surface area contributed by atoms with E-state index in [0.717, 1.165) is 22.6 Å². The van der Waals surface area contributed by atoms with Crippen LogP contribution in [-0.2, 0) is 5.41 Å². The van der Waals surface area contributed by atoms with Crippen LogP contribution in [0.5, 0.6) is 0 Å². The number of aromatic nitrogens is 1. The summed E-state index contributed by atoms with van der Waals surface area (Å²) in [4.78, 5) is 6.77. The van der Waals surface area contributed by atoms with Gasteiger partial charge in [-0.05, 0) is 52.1 Å². The minimum atomic E-state index is 0.0129. The van der Waals surface area contributed by atoms with Gasteiger partial charge in [0.05, 0.1) is 0 Å². The predicted octanol–water partition coefficient (Wildman–Crippen LogP) is 7.34. The normalized spacial score (nSPS) is 13.4. The molecule has 0 amide bonds. The largest absolute Gasteiger partial charge is 0.302 e. The maximum Gasteiger partial charge on any atom is 0.137 e. The van der Waals surface area contributed by atoms with Crippen LogP contribution in [0.15, 0.2) is 104 Å². The van der Waals surface area contributed by atoms with Gasteiger partial charge in [-0.25, -0.2) is 4.98 Å². The molecule has 0 spiro atoms. The minimum Gasteiger partial charge on any atom is -0.302 e. The van der Waals surface area contributed by atoms with E-state index in [9.17, 15) is 0 Å². The lowest BCUT2D eigenvalue weighted by atomic mass is 9.82. The van der Waals surface area contributed by atoms with E-state index in [1.54, 1.807) is 0 Å². The standard InChI is InChI=1S/C28H24N2/c1-4-30(27-17-14-21(19-29-27)20-10-6-5-7-11-20)22-15-16-26-24(18-22)23-12-8-9-13-25(23)28(26,2)3/h4-19H,1H2,2-3H3. The van der Waals surface area contributed by atoms with Crippen molar-refractivity contribution in [1.29, 1.82) is 0 Å². The Hall–Kier alpha value is -3.65. The fourth-order valence-corrected chi connectivity index (χ4v) is 4.52. The Morgan fingerprint density at radius 2 is 1.50 bits per heavy atom. The quantitative estimate of drug-likeness (QED) is 0.364. The molecule has 3 aromatic carbocycles. The fraction of sp³-hybridized carbons (Fsp3) is 0.107. The van der Waals surface area contributed by atoms with Crippen LogP contribution in [-0.4, -0.2) is 4.98 Å². The second kappa shape index (κ2) is 7.00. The molecule has 2 nitrogen and oxygen atoms in total. The van der Waals surface area contributed by atoms with Crippen LogP contribution in [0, 0.1) is 0 Å². The highest BCUT2D eigenvalue weighted by molar-refractivity contribution is 5.84. The van der Waals surface area contributed by atoms with E-state index in [-0.39, 0.29) is 5.41 Å². The van der Waals surface area contributed by atoms with E-state index in [2.05, 4.69) is 87.2 Å². The molecule has 2 heteroatoms. The molecule has 0 fully saturated rings. The number of pyridine rings is 1. The maximum absolute atomic E-state index is 4.72. The average molecular weight is 389 g/mol. The van der Waals surface area contributed by atoms with Gasteiger partial charge >= 0.3 is 0 Å². The van der Waals surface area contributed by atoms with Crippen molar-refractivity contribution in [2.75, 3.05) is 4.90 Å². The van der Waals surface area contributed by atoms with Gasteiger partial charge in [-0.15, -0.1) is 0 Å². The van der Waals surface area contributed by atoms with Gasteiger partial charge in [-0.2, -0.15) is 0 Å². The van der Waals surface area contributed by atoms with Crippen molar-refractivity contribution in [2.45, 2.75) is 19.3 Å². The van der Waals surface area contributed by atoms with Crippen molar-refractivity contribution in [3.8, 4) is 22.3 Å². The van der Waals surface area contributed by atoms with E-state index in [1.807, 2.05) is 35.5 Å². The van der Waals surface area contributed by atoms with Gasteiger partial charge in [0.1, 0.15) is 5.82 Å². The highest BCUT2D eigenvalue weighted by Crippen LogP contribution is 2.49. The Labute approximate surface area is 178 Å². The third-order valence-corrected chi connectivity index (χ3v) is 6.13. The highest BCUT2D eigenvalue weighted by Gasteiger charge is 2.35. The molecule has 1 aliphatic rings. The first kappa shape index (κ1) is 18.4. The summed E-state index contributed by atoms with van der Waals surface area (Å²) in [5.41, 5.74) is 8.70. The van der Waals surface area contributed by atoms with E-state index in [1.165, 1.54) is 22.3 Å². The average Bonchev–Trinajstić information content (AvgIpc) is 3.02. The summed E-state index contributed by atoms with van der Waals surface area (Å²) in [5.74, 6) is 0.857. The van der Waals surface area contributed by atoms with Crippen LogP contribution in [0.3, 0.4) is 0 Å². The summed E-state index contributed by atoms with van der Waals surface area (Å²) in [6.07, 6.45) is 3.76. The first-order valence-corrected chi connectivity index (χ1v) is 10.3. The predicted molar refractivity (Wildman–Crippen MR) is 126 cm³/mol. The first-order chi connectivity index (χ1) is 14.6. The number of anilines is 2. The summed E-state index contributed by atoms with van der Waals surface area (Å²) in [7, 11) is 0. The fourth-order valence-electron chi connectivity index (χ4n) is 4.52. The van der Waals surface area contributed by atoms with Crippen molar-refractivity contribution in [1.82, 2.24) is 4.98 Å². The number of fused-ring (bicyclic) bond motifs is 3. The summed E-state index contributed by atoms with van der Waals surface area (Å²) in [6.45, 7) is 8.64. The minimum absolute atomic E-state index is 0.0129. The molecule has 0 aliphatic heterocycles. The zero-order valence-corrected chi connectivity index (χ0v) is 17.3.